The molecule has 0 saturated carbocycles. The summed E-state index contributed by atoms with van der Waals surface area (Å²) in [4.78, 5) is 0. The summed E-state index contributed by atoms with van der Waals surface area (Å²) in [7, 11) is 1.65. The Hall–Kier alpha value is -2.08. The average Bonchev–Trinajstić information content (AvgIpc) is 2.88. The van der Waals surface area contributed by atoms with E-state index in [4.69, 9.17) is 17.0 Å². The van der Waals surface area contributed by atoms with Gasteiger partial charge in [-0.15, -0.1) is 0 Å². The second kappa shape index (κ2) is 7.26. The Morgan fingerprint density at radius 3 is 2.59 bits per heavy atom. The predicted molar refractivity (Wildman–Crippen MR) is 93.4 cm³/mol. The fraction of sp³-hybridized carbons (Fsp3) is 0.375. The molecule has 0 aliphatic rings. The Morgan fingerprint density at radius 1 is 1.36 bits per heavy atom. The molecule has 1 aromatic heterocycles. The van der Waals surface area contributed by atoms with Crippen LogP contribution in [0.2, 0.25) is 0 Å². The van der Waals surface area contributed by atoms with Crippen LogP contribution in [0.15, 0.2) is 30.5 Å². The van der Waals surface area contributed by atoms with Crippen LogP contribution in [0.3, 0.4) is 0 Å². The second-order valence-corrected chi connectivity index (χ2v) is 5.46. The van der Waals surface area contributed by atoms with E-state index < -0.39 is 0 Å². The number of aromatic nitrogens is 2. The topological polar surface area (TPSA) is 51.1 Å². The number of thiocarbonyl (C=S) groups is 1. The van der Waals surface area contributed by atoms with Gasteiger partial charge in [-0.2, -0.15) is 5.10 Å². The van der Waals surface area contributed by atoms with Crippen molar-refractivity contribution in [2.45, 2.75) is 33.4 Å². The van der Waals surface area contributed by atoms with Crippen molar-refractivity contribution < 1.29 is 4.74 Å². The third-order valence-corrected chi connectivity index (χ3v) is 3.82. The van der Waals surface area contributed by atoms with Gasteiger partial charge in [0.15, 0.2) is 5.11 Å². The van der Waals surface area contributed by atoms with E-state index >= 15 is 0 Å². The molecule has 0 saturated heterocycles. The first-order chi connectivity index (χ1) is 10.5. The zero-order valence-corrected chi connectivity index (χ0v) is 14.2. The van der Waals surface area contributed by atoms with E-state index in [1.807, 2.05) is 35.1 Å². The Labute approximate surface area is 136 Å². The number of ether oxygens (including phenoxy) is 1. The molecule has 5 nitrogen and oxygen atoms in total. The lowest BCUT2D eigenvalue weighted by Gasteiger charge is -2.17. The molecule has 0 aliphatic carbocycles. The number of benzene rings is 1. The lowest BCUT2D eigenvalue weighted by atomic mass is 10.1. The quantitative estimate of drug-likeness (QED) is 0.829. The number of methoxy groups -OCH3 is 1. The lowest BCUT2D eigenvalue weighted by molar-refractivity contribution is 0.415. The summed E-state index contributed by atoms with van der Waals surface area (Å²) in [6.45, 7) is 7.10. The van der Waals surface area contributed by atoms with Gasteiger partial charge < -0.3 is 15.4 Å². The van der Waals surface area contributed by atoms with Crippen molar-refractivity contribution in [2.75, 3.05) is 12.4 Å². The molecule has 0 bridgehead atoms. The molecule has 0 aliphatic heterocycles. The Morgan fingerprint density at radius 2 is 2.05 bits per heavy atom. The van der Waals surface area contributed by atoms with Gasteiger partial charge in [-0.3, -0.25) is 4.68 Å². The van der Waals surface area contributed by atoms with Gasteiger partial charge in [0.1, 0.15) is 5.75 Å². The molecule has 2 aromatic rings. The van der Waals surface area contributed by atoms with Crippen LogP contribution >= 0.6 is 12.2 Å². The molecular weight excluding hydrogens is 296 g/mol. The molecule has 2 rings (SSSR count). The molecule has 22 heavy (non-hydrogen) atoms. The normalized spacial score (nSPS) is 11.8. The Kier molecular flexibility index (Phi) is 5.38. The van der Waals surface area contributed by atoms with Crippen LogP contribution in [0.25, 0.3) is 0 Å². The number of aryl methyl sites for hydroxylation is 1. The molecule has 1 heterocycles. The van der Waals surface area contributed by atoms with E-state index in [-0.39, 0.29) is 6.04 Å². The second-order valence-electron chi connectivity index (χ2n) is 5.05. The third kappa shape index (κ3) is 3.76. The number of nitrogens with zero attached hydrogens (tertiary/aromatic N) is 2. The summed E-state index contributed by atoms with van der Waals surface area (Å²) in [5.41, 5.74) is 3.24. The fourth-order valence-corrected chi connectivity index (χ4v) is 2.62. The molecule has 6 heteroatoms. The summed E-state index contributed by atoms with van der Waals surface area (Å²) >= 11 is 5.37. The highest BCUT2D eigenvalue weighted by Crippen LogP contribution is 2.18. The molecule has 1 unspecified atom stereocenters. The van der Waals surface area contributed by atoms with Crippen LogP contribution in [0, 0.1) is 6.92 Å². The van der Waals surface area contributed by atoms with Crippen LogP contribution in [0.4, 0.5) is 5.69 Å². The van der Waals surface area contributed by atoms with E-state index in [0.717, 1.165) is 29.2 Å². The van der Waals surface area contributed by atoms with Crippen molar-refractivity contribution >= 4 is 23.0 Å². The first-order valence-corrected chi connectivity index (χ1v) is 7.69. The molecular formula is C16H22N4OS. The van der Waals surface area contributed by atoms with Crippen molar-refractivity contribution in [2.24, 2.45) is 0 Å². The zero-order chi connectivity index (χ0) is 16.1. The molecule has 0 spiro atoms. The van der Waals surface area contributed by atoms with Crippen molar-refractivity contribution in [3.63, 3.8) is 0 Å². The molecule has 1 aromatic carbocycles. The van der Waals surface area contributed by atoms with E-state index in [1.165, 1.54) is 0 Å². The summed E-state index contributed by atoms with van der Waals surface area (Å²) in [6, 6.07) is 7.74. The van der Waals surface area contributed by atoms with Crippen molar-refractivity contribution in [3.8, 4) is 5.75 Å². The first-order valence-electron chi connectivity index (χ1n) is 7.29. The Balaban J connectivity index is 1.96. The van der Waals surface area contributed by atoms with Gasteiger partial charge in [-0.25, -0.2) is 0 Å². The largest absolute Gasteiger partial charge is 0.497 e. The average molecular weight is 318 g/mol. The van der Waals surface area contributed by atoms with E-state index in [2.05, 4.69) is 36.5 Å². The van der Waals surface area contributed by atoms with Gasteiger partial charge in [0.05, 0.1) is 19.3 Å². The highest BCUT2D eigenvalue weighted by Gasteiger charge is 2.13. The summed E-state index contributed by atoms with van der Waals surface area (Å²) in [6.07, 6.45) is 1.90. The van der Waals surface area contributed by atoms with Crippen LogP contribution in [0.1, 0.15) is 31.1 Å². The number of anilines is 1. The third-order valence-electron chi connectivity index (χ3n) is 3.60. The maximum atomic E-state index is 5.37. The molecule has 0 radical (unpaired) electrons. The standard InChI is InChI=1S/C16H22N4OS/c1-5-20-12(3)15(10-17-20)11(2)18-16(22)19-13-6-8-14(21-4)9-7-13/h6-11H,5H2,1-4H3,(H2,18,19,22). The summed E-state index contributed by atoms with van der Waals surface area (Å²) in [5, 5.41) is 11.4. The van der Waals surface area contributed by atoms with Crippen molar-refractivity contribution in [3.05, 3.63) is 41.7 Å². The minimum absolute atomic E-state index is 0.0959. The number of nitrogens with one attached hydrogen (secondary N) is 2. The zero-order valence-electron chi connectivity index (χ0n) is 13.4. The molecule has 2 N–H and O–H groups in total. The number of rotatable bonds is 5. The smallest absolute Gasteiger partial charge is 0.171 e. The number of hydrogen-bond acceptors (Lipinski definition) is 3. The van der Waals surface area contributed by atoms with Gasteiger partial charge in [-0.05, 0) is 57.3 Å². The first kappa shape index (κ1) is 16.3. The number of hydrogen-bond donors (Lipinski definition) is 2. The monoisotopic (exact) mass is 318 g/mol. The lowest BCUT2D eigenvalue weighted by Crippen LogP contribution is -2.31. The van der Waals surface area contributed by atoms with E-state index in [0.29, 0.717) is 5.11 Å². The van der Waals surface area contributed by atoms with Crippen LogP contribution < -0.4 is 15.4 Å². The van der Waals surface area contributed by atoms with Gasteiger partial charge in [0.2, 0.25) is 0 Å². The maximum Gasteiger partial charge on any atom is 0.171 e. The van der Waals surface area contributed by atoms with E-state index in [1.54, 1.807) is 7.11 Å². The minimum atomic E-state index is 0.0959. The van der Waals surface area contributed by atoms with Gasteiger partial charge in [-0.1, -0.05) is 0 Å². The van der Waals surface area contributed by atoms with Crippen LogP contribution in [-0.2, 0) is 6.54 Å². The SMILES string of the molecule is CCn1ncc(C(C)NC(=S)Nc2ccc(OC)cc2)c1C. The highest BCUT2D eigenvalue weighted by atomic mass is 32.1. The van der Waals surface area contributed by atoms with Crippen molar-refractivity contribution in [1.82, 2.24) is 15.1 Å². The molecule has 0 amide bonds. The highest BCUT2D eigenvalue weighted by molar-refractivity contribution is 7.80. The summed E-state index contributed by atoms with van der Waals surface area (Å²) < 4.78 is 7.12. The minimum Gasteiger partial charge on any atom is -0.497 e. The molecule has 1 atom stereocenters. The fourth-order valence-electron chi connectivity index (χ4n) is 2.32. The Bertz CT molecular complexity index is 636. The molecule has 118 valence electrons. The maximum absolute atomic E-state index is 5.37. The van der Waals surface area contributed by atoms with Crippen LogP contribution in [0.5, 0.6) is 5.75 Å². The summed E-state index contributed by atoms with van der Waals surface area (Å²) in [5.74, 6) is 0.820. The van der Waals surface area contributed by atoms with Gasteiger partial charge >= 0.3 is 0 Å². The predicted octanol–water partition coefficient (Wildman–Crippen LogP) is 3.27. The van der Waals surface area contributed by atoms with Gasteiger partial charge in [0, 0.05) is 23.5 Å². The van der Waals surface area contributed by atoms with Crippen molar-refractivity contribution in [1.29, 1.82) is 0 Å². The van der Waals surface area contributed by atoms with Gasteiger partial charge in [0.25, 0.3) is 0 Å². The van der Waals surface area contributed by atoms with E-state index in [9.17, 15) is 0 Å². The van der Waals surface area contributed by atoms with Crippen LogP contribution in [-0.4, -0.2) is 22.0 Å². The molecule has 0 fully saturated rings.